The van der Waals surface area contributed by atoms with Crippen LogP contribution in [0.3, 0.4) is 0 Å². The van der Waals surface area contributed by atoms with E-state index >= 15 is 0 Å². The lowest BCUT2D eigenvalue weighted by Gasteiger charge is -2.08. The molecule has 0 atom stereocenters. The van der Waals surface area contributed by atoms with E-state index in [1.54, 1.807) is 18.2 Å². The van der Waals surface area contributed by atoms with Gasteiger partial charge >= 0.3 is 0 Å². The second-order valence-electron chi connectivity index (χ2n) is 4.52. The molecule has 1 aromatic rings. The number of anilines is 2. The van der Waals surface area contributed by atoms with Crippen LogP contribution in [0.4, 0.5) is 11.4 Å². The summed E-state index contributed by atoms with van der Waals surface area (Å²) in [5.41, 5.74) is 6.70. The number of carbonyl (C=O) groups excluding carboxylic acids is 1. The Bertz CT molecular complexity index is 408. The zero-order chi connectivity index (χ0) is 13.5. The van der Waals surface area contributed by atoms with Gasteiger partial charge in [-0.05, 0) is 30.5 Å². The maximum Gasteiger partial charge on any atom is 0.250 e. The van der Waals surface area contributed by atoms with Gasteiger partial charge in [-0.1, -0.05) is 25.4 Å². The third-order valence-corrected chi connectivity index (χ3v) is 2.70. The summed E-state index contributed by atoms with van der Waals surface area (Å²) in [6, 6.07) is 4.96. The summed E-state index contributed by atoms with van der Waals surface area (Å²) < 4.78 is 5.26. The Morgan fingerprint density at radius 2 is 2.22 bits per heavy atom. The van der Waals surface area contributed by atoms with Crippen LogP contribution < -0.4 is 11.1 Å². The van der Waals surface area contributed by atoms with E-state index in [1.807, 2.05) is 0 Å². The average Bonchev–Trinajstić information content (AvgIpc) is 2.29. The molecule has 3 N–H and O–H groups in total. The molecule has 0 aromatic heterocycles. The summed E-state index contributed by atoms with van der Waals surface area (Å²) in [5, 5.41) is 3.17. The molecule has 4 nitrogen and oxygen atoms in total. The predicted molar refractivity (Wildman–Crippen MR) is 74.8 cm³/mol. The van der Waals surface area contributed by atoms with Crippen LogP contribution in [0.5, 0.6) is 0 Å². The first kappa shape index (κ1) is 14.8. The number of nitrogens with two attached hydrogens (primary N) is 1. The summed E-state index contributed by atoms with van der Waals surface area (Å²) in [6.45, 7) is 4.86. The van der Waals surface area contributed by atoms with Crippen LogP contribution >= 0.6 is 11.6 Å². The van der Waals surface area contributed by atoms with Crippen LogP contribution in [0.2, 0.25) is 5.02 Å². The van der Waals surface area contributed by atoms with Crippen molar-refractivity contribution in [2.45, 2.75) is 20.3 Å². The number of amides is 1. The van der Waals surface area contributed by atoms with E-state index in [9.17, 15) is 4.79 Å². The number of hydrogen-bond donors (Lipinski definition) is 2. The number of rotatable bonds is 6. The molecule has 18 heavy (non-hydrogen) atoms. The Labute approximate surface area is 112 Å². The Kier molecular flexibility index (Phi) is 5.95. The minimum absolute atomic E-state index is 0.0508. The van der Waals surface area contributed by atoms with Gasteiger partial charge in [0.2, 0.25) is 5.91 Å². The normalized spacial score (nSPS) is 10.7. The molecule has 0 heterocycles. The van der Waals surface area contributed by atoms with Gasteiger partial charge in [0.05, 0.1) is 10.7 Å². The topological polar surface area (TPSA) is 64.3 Å². The van der Waals surface area contributed by atoms with E-state index in [-0.39, 0.29) is 12.5 Å². The fraction of sp³-hybridized carbons (Fsp3) is 0.462. The number of hydrogen-bond acceptors (Lipinski definition) is 3. The number of ether oxygens (including phenoxy) is 1. The van der Waals surface area contributed by atoms with Crippen LogP contribution in [-0.4, -0.2) is 19.1 Å². The fourth-order valence-electron chi connectivity index (χ4n) is 1.30. The second kappa shape index (κ2) is 7.24. The molecule has 0 bridgehead atoms. The first-order valence-corrected chi connectivity index (χ1v) is 6.29. The highest BCUT2D eigenvalue weighted by atomic mass is 35.5. The molecule has 0 spiro atoms. The summed E-state index contributed by atoms with van der Waals surface area (Å²) >= 11 is 5.79. The van der Waals surface area contributed by atoms with E-state index in [0.29, 0.717) is 28.9 Å². The third kappa shape index (κ3) is 5.38. The van der Waals surface area contributed by atoms with Gasteiger partial charge in [-0.3, -0.25) is 4.79 Å². The lowest BCUT2D eigenvalue weighted by atomic mass is 10.1. The van der Waals surface area contributed by atoms with Crippen LogP contribution in [0.25, 0.3) is 0 Å². The molecule has 1 aromatic carbocycles. The van der Waals surface area contributed by atoms with Gasteiger partial charge in [0.1, 0.15) is 6.61 Å². The van der Waals surface area contributed by atoms with E-state index in [4.69, 9.17) is 22.1 Å². The van der Waals surface area contributed by atoms with Crippen molar-refractivity contribution < 1.29 is 9.53 Å². The Balaban J connectivity index is 2.33. The van der Waals surface area contributed by atoms with Crippen LogP contribution in [0.1, 0.15) is 20.3 Å². The molecule has 0 aliphatic heterocycles. The van der Waals surface area contributed by atoms with Crippen LogP contribution in [-0.2, 0) is 9.53 Å². The highest BCUT2D eigenvalue weighted by molar-refractivity contribution is 6.33. The van der Waals surface area contributed by atoms with Crippen molar-refractivity contribution in [2.75, 3.05) is 24.3 Å². The second-order valence-corrected chi connectivity index (χ2v) is 4.93. The van der Waals surface area contributed by atoms with Crippen molar-refractivity contribution >= 4 is 28.9 Å². The number of nitrogens with one attached hydrogen (secondary N) is 1. The maximum atomic E-state index is 11.5. The van der Waals surface area contributed by atoms with Gasteiger partial charge in [-0.25, -0.2) is 0 Å². The third-order valence-electron chi connectivity index (χ3n) is 2.35. The first-order chi connectivity index (χ1) is 8.49. The van der Waals surface area contributed by atoms with Gasteiger partial charge in [0.15, 0.2) is 0 Å². The Morgan fingerprint density at radius 1 is 1.50 bits per heavy atom. The number of halogens is 1. The largest absolute Gasteiger partial charge is 0.397 e. The summed E-state index contributed by atoms with van der Waals surface area (Å²) in [4.78, 5) is 11.5. The molecule has 0 fully saturated rings. The molecule has 0 unspecified atom stereocenters. The van der Waals surface area contributed by atoms with Crippen LogP contribution in [0, 0.1) is 5.92 Å². The number of carbonyl (C=O) groups is 1. The molecular formula is C13H19ClN2O2. The predicted octanol–water partition coefficient (Wildman–Crippen LogP) is 2.92. The minimum atomic E-state index is -0.194. The molecule has 0 saturated carbocycles. The average molecular weight is 271 g/mol. The smallest absolute Gasteiger partial charge is 0.250 e. The zero-order valence-electron chi connectivity index (χ0n) is 10.7. The highest BCUT2D eigenvalue weighted by Crippen LogP contribution is 2.22. The van der Waals surface area contributed by atoms with Gasteiger partial charge in [0.25, 0.3) is 0 Å². The van der Waals surface area contributed by atoms with Crippen LogP contribution in [0.15, 0.2) is 18.2 Å². The first-order valence-electron chi connectivity index (χ1n) is 5.91. The summed E-state index contributed by atoms with van der Waals surface area (Å²) in [7, 11) is 0. The Morgan fingerprint density at radius 3 is 2.83 bits per heavy atom. The minimum Gasteiger partial charge on any atom is -0.397 e. The standard InChI is InChI=1S/C13H19ClN2O2/c1-9(2)5-6-18-8-13(17)16-10-3-4-11(14)12(15)7-10/h3-4,7,9H,5-6,8,15H2,1-2H3,(H,16,17). The molecule has 0 saturated heterocycles. The van der Waals surface area contributed by atoms with Crippen molar-refractivity contribution in [3.8, 4) is 0 Å². The maximum absolute atomic E-state index is 11.5. The van der Waals surface area contributed by atoms with Crippen molar-refractivity contribution in [2.24, 2.45) is 5.92 Å². The molecule has 1 amide bonds. The quantitative estimate of drug-likeness (QED) is 0.617. The molecule has 100 valence electrons. The highest BCUT2D eigenvalue weighted by Gasteiger charge is 2.04. The lowest BCUT2D eigenvalue weighted by Crippen LogP contribution is -2.19. The van der Waals surface area contributed by atoms with Gasteiger partial charge in [0, 0.05) is 12.3 Å². The van der Waals surface area contributed by atoms with Crippen molar-refractivity contribution in [3.63, 3.8) is 0 Å². The fourth-order valence-corrected chi connectivity index (χ4v) is 1.42. The van der Waals surface area contributed by atoms with Crippen molar-refractivity contribution in [1.29, 1.82) is 0 Å². The summed E-state index contributed by atoms with van der Waals surface area (Å²) in [6.07, 6.45) is 0.946. The van der Waals surface area contributed by atoms with Gasteiger partial charge in [-0.2, -0.15) is 0 Å². The number of benzene rings is 1. The molecular weight excluding hydrogens is 252 g/mol. The summed E-state index contributed by atoms with van der Waals surface area (Å²) in [5.74, 6) is 0.379. The van der Waals surface area contributed by atoms with Gasteiger partial charge < -0.3 is 15.8 Å². The monoisotopic (exact) mass is 270 g/mol. The van der Waals surface area contributed by atoms with Crippen molar-refractivity contribution in [3.05, 3.63) is 23.2 Å². The molecule has 5 heteroatoms. The molecule has 0 radical (unpaired) electrons. The van der Waals surface area contributed by atoms with Crippen molar-refractivity contribution in [1.82, 2.24) is 0 Å². The van der Waals surface area contributed by atoms with E-state index in [2.05, 4.69) is 19.2 Å². The van der Waals surface area contributed by atoms with Gasteiger partial charge in [-0.15, -0.1) is 0 Å². The van der Waals surface area contributed by atoms with E-state index in [1.165, 1.54) is 0 Å². The molecule has 0 aliphatic carbocycles. The SMILES string of the molecule is CC(C)CCOCC(=O)Nc1ccc(Cl)c(N)c1. The molecule has 1 rings (SSSR count). The van der Waals surface area contributed by atoms with E-state index < -0.39 is 0 Å². The van der Waals surface area contributed by atoms with E-state index in [0.717, 1.165) is 6.42 Å². The lowest BCUT2D eigenvalue weighted by molar-refractivity contribution is -0.120. The number of nitrogen functional groups attached to an aromatic ring is 1. The zero-order valence-corrected chi connectivity index (χ0v) is 11.5. The Hall–Kier alpha value is -1.26. The molecule has 0 aliphatic rings.